The van der Waals surface area contributed by atoms with E-state index in [4.69, 9.17) is 14.2 Å². The van der Waals surface area contributed by atoms with Crippen LogP contribution in [0.3, 0.4) is 0 Å². The minimum Gasteiger partial charge on any atom is -0.482 e. The average Bonchev–Trinajstić information content (AvgIpc) is 3.03. The molecule has 0 aliphatic carbocycles. The first kappa shape index (κ1) is 19.2. The number of benzene rings is 2. The van der Waals surface area contributed by atoms with Crippen molar-refractivity contribution in [3.63, 3.8) is 0 Å². The Morgan fingerprint density at radius 3 is 2.62 bits per heavy atom. The predicted molar refractivity (Wildman–Crippen MR) is 108 cm³/mol. The number of hydrogen-bond donors (Lipinski definition) is 0. The molecule has 0 N–H and O–H groups in total. The van der Waals surface area contributed by atoms with Crippen LogP contribution in [0.15, 0.2) is 47.5 Å². The lowest BCUT2D eigenvalue weighted by atomic mass is 10.1. The first-order chi connectivity index (χ1) is 14.0. The minimum absolute atomic E-state index is 0.0356. The molecule has 1 aliphatic rings. The zero-order chi connectivity index (χ0) is 20.5. The molecular formula is C21H20N2O5S. The van der Waals surface area contributed by atoms with E-state index in [0.29, 0.717) is 16.3 Å². The number of aromatic nitrogens is 1. The second-order valence-electron chi connectivity index (χ2n) is 6.78. The zero-order valence-electron chi connectivity index (χ0n) is 16.2. The Hall–Kier alpha value is -3.13. The summed E-state index contributed by atoms with van der Waals surface area (Å²) in [7, 11) is 1.33. The topological polar surface area (TPSA) is 79.1 Å². The molecule has 29 heavy (non-hydrogen) atoms. The van der Waals surface area contributed by atoms with Crippen molar-refractivity contribution in [3.05, 3.63) is 52.8 Å². The van der Waals surface area contributed by atoms with Crippen LogP contribution >= 0.6 is 11.3 Å². The van der Waals surface area contributed by atoms with Crippen molar-refractivity contribution < 1.29 is 23.8 Å². The molecule has 7 nitrogen and oxygen atoms in total. The molecule has 2 heterocycles. The molecule has 0 radical (unpaired) electrons. The van der Waals surface area contributed by atoms with Gasteiger partial charge in [0.15, 0.2) is 16.3 Å². The quantitative estimate of drug-likeness (QED) is 0.618. The molecule has 1 amide bonds. The van der Waals surface area contributed by atoms with Crippen molar-refractivity contribution in [1.29, 1.82) is 0 Å². The molecule has 4 rings (SSSR count). The number of methoxy groups -OCH3 is 1. The normalized spacial score (nSPS) is 18.7. The third kappa shape index (κ3) is 3.75. The molecule has 2 aromatic carbocycles. The van der Waals surface area contributed by atoms with E-state index in [9.17, 15) is 9.59 Å². The summed E-state index contributed by atoms with van der Waals surface area (Å²) in [4.78, 5) is 29.6. The van der Waals surface area contributed by atoms with E-state index in [1.165, 1.54) is 18.4 Å². The van der Waals surface area contributed by atoms with Crippen LogP contribution < -0.4 is 14.3 Å². The van der Waals surface area contributed by atoms with Crippen LogP contribution in [-0.2, 0) is 20.9 Å². The van der Waals surface area contributed by atoms with Gasteiger partial charge in [-0.05, 0) is 43.7 Å². The summed E-state index contributed by atoms with van der Waals surface area (Å²) in [5.41, 5.74) is 1.90. The maximum atomic E-state index is 12.9. The Morgan fingerprint density at radius 1 is 1.17 bits per heavy atom. The second-order valence-corrected chi connectivity index (χ2v) is 7.79. The van der Waals surface area contributed by atoms with Crippen molar-refractivity contribution >= 4 is 33.4 Å². The van der Waals surface area contributed by atoms with Crippen molar-refractivity contribution in [1.82, 2.24) is 4.57 Å². The summed E-state index contributed by atoms with van der Waals surface area (Å²) >= 11 is 1.34. The number of carbonyl (C=O) groups is 2. The number of rotatable bonds is 3. The Labute approximate surface area is 171 Å². The predicted octanol–water partition coefficient (Wildman–Crippen LogP) is 2.84. The van der Waals surface area contributed by atoms with Gasteiger partial charge >= 0.3 is 5.97 Å². The number of carbonyl (C=O) groups excluding carboxylic acids is 2. The van der Waals surface area contributed by atoms with Crippen molar-refractivity contribution in [2.45, 2.75) is 32.6 Å². The van der Waals surface area contributed by atoms with Gasteiger partial charge in [0.1, 0.15) is 12.6 Å². The number of ether oxygens (including phenoxy) is 3. The molecule has 1 aromatic heterocycles. The standard InChI is InChI=1S/C21H20N2O5S/c1-12-8-9-14-17(10-12)29-21(23(14)11-18(24)26-3)22-20(25)19-13(2)27-15-6-4-5-7-16(15)28-19/h4-10,13,19H,11H2,1-3H3. The summed E-state index contributed by atoms with van der Waals surface area (Å²) in [6.07, 6.45) is -1.37. The number of amides is 1. The van der Waals surface area contributed by atoms with Crippen LogP contribution in [0.2, 0.25) is 0 Å². The van der Waals surface area contributed by atoms with Gasteiger partial charge in [0, 0.05) is 0 Å². The number of para-hydroxylation sites is 2. The molecule has 0 saturated heterocycles. The maximum absolute atomic E-state index is 12.9. The largest absolute Gasteiger partial charge is 0.482 e. The number of hydrogen-bond acceptors (Lipinski definition) is 6. The van der Waals surface area contributed by atoms with Crippen molar-refractivity contribution in [3.8, 4) is 11.5 Å². The lowest BCUT2D eigenvalue weighted by Gasteiger charge is -2.29. The van der Waals surface area contributed by atoms with Gasteiger partial charge in [-0.2, -0.15) is 4.99 Å². The fraction of sp³-hybridized carbons (Fsp3) is 0.286. The monoisotopic (exact) mass is 412 g/mol. The fourth-order valence-electron chi connectivity index (χ4n) is 3.16. The molecule has 150 valence electrons. The Bertz CT molecular complexity index is 1160. The van der Waals surface area contributed by atoms with E-state index in [0.717, 1.165) is 15.8 Å². The zero-order valence-corrected chi connectivity index (χ0v) is 17.1. The maximum Gasteiger partial charge on any atom is 0.325 e. The van der Waals surface area contributed by atoms with E-state index >= 15 is 0 Å². The van der Waals surface area contributed by atoms with Crippen LogP contribution in [0.4, 0.5) is 0 Å². The number of esters is 1. The molecular weight excluding hydrogens is 392 g/mol. The summed E-state index contributed by atoms with van der Waals surface area (Å²) in [6.45, 7) is 3.72. The summed E-state index contributed by atoms with van der Waals surface area (Å²) in [5, 5.41) is 0. The van der Waals surface area contributed by atoms with Gasteiger partial charge < -0.3 is 18.8 Å². The summed E-state index contributed by atoms with van der Waals surface area (Å²) in [6, 6.07) is 13.1. The molecule has 0 bridgehead atoms. The molecule has 8 heteroatoms. The Balaban J connectivity index is 1.74. The highest BCUT2D eigenvalue weighted by molar-refractivity contribution is 7.16. The molecule has 2 unspecified atom stereocenters. The van der Waals surface area contributed by atoms with Crippen LogP contribution in [0.25, 0.3) is 10.2 Å². The smallest absolute Gasteiger partial charge is 0.325 e. The van der Waals surface area contributed by atoms with E-state index in [1.807, 2.05) is 37.3 Å². The van der Waals surface area contributed by atoms with E-state index in [-0.39, 0.29) is 6.54 Å². The number of nitrogens with zero attached hydrogens (tertiary/aromatic N) is 2. The van der Waals surface area contributed by atoms with Crippen LogP contribution in [0.5, 0.6) is 11.5 Å². The van der Waals surface area contributed by atoms with Crippen LogP contribution in [0.1, 0.15) is 12.5 Å². The lowest BCUT2D eigenvalue weighted by molar-refractivity contribution is -0.141. The first-order valence-corrected chi connectivity index (χ1v) is 9.95. The average molecular weight is 412 g/mol. The van der Waals surface area contributed by atoms with Gasteiger partial charge in [-0.15, -0.1) is 0 Å². The molecule has 2 atom stereocenters. The minimum atomic E-state index is -0.872. The third-order valence-corrected chi connectivity index (χ3v) is 5.69. The fourth-order valence-corrected chi connectivity index (χ4v) is 4.29. The van der Waals surface area contributed by atoms with Gasteiger partial charge in [0.05, 0.1) is 17.3 Å². The van der Waals surface area contributed by atoms with Crippen LogP contribution in [0, 0.1) is 6.92 Å². The van der Waals surface area contributed by atoms with Gasteiger partial charge in [0.2, 0.25) is 6.10 Å². The van der Waals surface area contributed by atoms with Gasteiger partial charge in [0.25, 0.3) is 5.91 Å². The Kier molecular flexibility index (Phi) is 5.10. The highest BCUT2D eigenvalue weighted by Gasteiger charge is 2.34. The summed E-state index contributed by atoms with van der Waals surface area (Å²) in [5.74, 6) is 0.225. The lowest BCUT2D eigenvalue weighted by Crippen LogP contribution is -2.43. The number of fused-ring (bicyclic) bond motifs is 2. The van der Waals surface area contributed by atoms with Crippen molar-refractivity contribution in [2.75, 3.05) is 7.11 Å². The third-order valence-electron chi connectivity index (χ3n) is 4.64. The highest BCUT2D eigenvalue weighted by Crippen LogP contribution is 2.33. The SMILES string of the molecule is COC(=O)Cn1c(=NC(=O)C2Oc3ccccc3OC2C)sc2cc(C)ccc21. The van der Waals surface area contributed by atoms with Crippen LogP contribution in [-0.4, -0.2) is 35.8 Å². The Morgan fingerprint density at radius 2 is 1.90 bits per heavy atom. The van der Waals surface area contributed by atoms with Gasteiger partial charge in [-0.25, -0.2) is 0 Å². The van der Waals surface area contributed by atoms with E-state index in [2.05, 4.69) is 4.99 Å². The molecule has 0 saturated carbocycles. The molecule has 1 aliphatic heterocycles. The number of thiazole rings is 1. The van der Waals surface area contributed by atoms with Gasteiger partial charge in [-0.1, -0.05) is 29.5 Å². The first-order valence-electron chi connectivity index (χ1n) is 9.14. The molecule has 0 fully saturated rings. The molecule has 0 spiro atoms. The van der Waals surface area contributed by atoms with E-state index < -0.39 is 24.1 Å². The highest BCUT2D eigenvalue weighted by atomic mass is 32.1. The summed E-state index contributed by atoms with van der Waals surface area (Å²) < 4.78 is 19.1. The van der Waals surface area contributed by atoms with Crippen molar-refractivity contribution in [2.24, 2.45) is 4.99 Å². The second kappa shape index (κ2) is 7.71. The van der Waals surface area contributed by atoms with E-state index in [1.54, 1.807) is 23.6 Å². The molecule has 3 aromatic rings. The van der Waals surface area contributed by atoms with Gasteiger partial charge in [-0.3, -0.25) is 9.59 Å². The number of aryl methyl sites for hydroxylation is 1.